The minimum Gasteiger partial charge on any atom is -0.366 e. The first-order valence-electron chi connectivity index (χ1n) is 9.01. The Morgan fingerprint density at radius 1 is 0.960 bits per heavy atom. The summed E-state index contributed by atoms with van der Waals surface area (Å²) in [7, 11) is 0. The molecule has 2 aliphatic rings. The van der Waals surface area contributed by atoms with E-state index < -0.39 is 5.91 Å². The van der Waals surface area contributed by atoms with Crippen molar-refractivity contribution in [1.29, 1.82) is 0 Å². The fraction of sp³-hybridized carbons (Fsp3) is 0.526. The molecule has 1 aliphatic heterocycles. The summed E-state index contributed by atoms with van der Waals surface area (Å²) >= 11 is 4.10. The molecule has 4 nitrogen and oxygen atoms in total. The molecule has 132 valence electrons. The smallest absolute Gasteiger partial charge is 0.248 e. The van der Waals surface area contributed by atoms with E-state index in [0.29, 0.717) is 5.56 Å². The molecule has 2 aromatic rings. The zero-order valence-corrected chi connectivity index (χ0v) is 15.9. The van der Waals surface area contributed by atoms with Gasteiger partial charge < -0.3 is 5.73 Å². The molecule has 0 saturated heterocycles. The molecular weight excluding hydrogens is 350 g/mol. The standard InChI is InChI=1S/C19H23N3OS2/c20-19(23)12-6-7-15-16(8-12)22-18-11-25-14-5-3-1-2-4-13(9-14)24-10-17(18)21-15/h6-8,13-14H,1-5,9-11H2,(H2,20,23). The number of hydrogen-bond acceptors (Lipinski definition) is 5. The van der Waals surface area contributed by atoms with E-state index in [1.165, 1.54) is 38.5 Å². The highest BCUT2D eigenvalue weighted by molar-refractivity contribution is 8.00. The van der Waals surface area contributed by atoms with E-state index in [0.717, 1.165) is 44.4 Å². The number of primary amides is 1. The number of thioether (sulfide) groups is 2. The predicted octanol–water partition coefficient (Wildman–Crippen LogP) is 4.30. The highest BCUT2D eigenvalue weighted by Gasteiger charge is 2.23. The van der Waals surface area contributed by atoms with Crippen molar-refractivity contribution in [2.24, 2.45) is 5.73 Å². The van der Waals surface area contributed by atoms with Crippen LogP contribution in [-0.2, 0) is 11.5 Å². The lowest BCUT2D eigenvalue weighted by molar-refractivity contribution is 0.100. The zero-order valence-electron chi connectivity index (χ0n) is 14.2. The van der Waals surface area contributed by atoms with Gasteiger partial charge in [0.2, 0.25) is 5.91 Å². The largest absolute Gasteiger partial charge is 0.366 e. The van der Waals surface area contributed by atoms with Crippen LogP contribution in [0.25, 0.3) is 11.0 Å². The van der Waals surface area contributed by atoms with Crippen LogP contribution in [0.1, 0.15) is 60.3 Å². The summed E-state index contributed by atoms with van der Waals surface area (Å²) in [5.74, 6) is 1.43. The van der Waals surface area contributed by atoms with Crippen molar-refractivity contribution in [2.75, 3.05) is 0 Å². The van der Waals surface area contributed by atoms with E-state index in [4.69, 9.17) is 15.7 Å². The lowest BCUT2D eigenvalue weighted by Gasteiger charge is -2.24. The SMILES string of the molecule is NC(=O)c1ccc2nc3c(nc2c1)CSC1CCCCCC(C1)SC3. The average Bonchev–Trinajstić information content (AvgIpc) is 2.67. The van der Waals surface area contributed by atoms with Crippen molar-refractivity contribution >= 4 is 40.5 Å². The quantitative estimate of drug-likeness (QED) is 0.807. The number of aromatic nitrogens is 2. The van der Waals surface area contributed by atoms with Crippen LogP contribution in [0, 0.1) is 0 Å². The second-order valence-electron chi connectivity index (χ2n) is 6.92. The van der Waals surface area contributed by atoms with Gasteiger partial charge in [0.15, 0.2) is 0 Å². The Labute approximate surface area is 156 Å². The number of carbonyl (C=O) groups excluding carboxylic acids is 1. The number of carbonyl (C=O) groups is 1. The molecule has 2 unspecified atom stereocenters. The van der Waals surface area contributed by atoms with Gasteiger partial charge in [0.1, 0.15) is 0 Å². The lowest BCUT2D eigenvalue weighted by Crippen LogP contribution is -2.15. The van der Waals surface area contributed by atoms with E-state index in [1.807, 2.05) is 17.8 Å². The Hall–Kier alpha value is -1.27. The highest BCUT2D eigenvalue weighted by atomic mass is 32.2. The summed E-state index contributed by atoms with van der Waals surface area (Å²) in [5.41, 5.74) is 9.72. The maximum atomic E-state index is 11.4. The van der Waals surface area contributed by atoms with Crippen molar-refractivity contribution in [1.82, 2.24) is 9.97 Å². The van der Waals surface area contributed by atoms with Gasteiger partial charge in [-0.25, -0.2) is 9.97 Å². The third-order valence-corrected chi connectivity index (χ3v) is 7.77. The minimum atomic E-state index is -0.418. The number of amides is 1. The molecule has 2 bridgehead atoms. The van der Waals surface area contributed by atoms with Gasteiger partial charge >= 0.3 is 0 Å². The number of nitrogens with zero attached hydrogens (tertiary/aromatic N) is 2. The maximum Gasteiger partial charge on any atom is 0.248 e. The van der Waals surface area contributed by atoms with Crippen molar-refractivity contribution in [2.45, 2.75) is 60.5 Å². The van der Waals surface area contributed by atoms with Crippen LogP contribution in [0.15, 0.2) is 18.2 Å². The van der Waals surface area contributed by atoms with E-state index in [-0.39, 0.29) is 0 Å². The van der Waals surface area contributed by atoms with E-state index in [2.05, 4.69) is 11.8 Å². The minimum absolute atomic E-state index is 0.418. The fourth-order valence-corrected chi connectivity index (χ4v) is 6.43. The first-order valence-corrected chi connectivity index (χ1v) is 11.1. The van der Waals surface area contributed by atoms with Gasteiger partial charge in [0, 0.05) is 27.6 Å². The Morgan fingerprint density at radius 3 is 2.24 bits per heavy atom. The first-order chi connectivity index (χ1) is 12.2. The predicted molar refractivity (Wildman–Crippen MR) is 106 cm³/mol. The molecule has 6 heteroatoms. The molecular formula is C19H23N3OS2. The van der Waals surface area contributed by atoms with Gasteiger partial charge in [-0.3, -0.25) is 4.79 Å². The van der Waals surface area contributed by atoms with Gasteiger partial charge in [0.05, 0.1) is 22.4 Å². The number of fused-ring (bicyclic) bond motifs is 4. The van der Waals surface area contributed by atoms with Crippen LogP contribution >= 0.6 is 23.5 Å². The first kappa shape index (κ1) is 17.2. The molecule has 0 radical (unpaired) electrons. The summed E-state index contributed by atoms with van der Waals surface area (Å²) in [6.45, 7) is 0. The zero-order chi connectivity index (χ0) is 17.2. The maximum absolute atomic E-state index is 11.4. The molecule has 1 saturated carbocycles. The second kappa shape index (κ2) is 7.54. The van der Waals surface area contributed by atoms with Crippen LogP contribution in [0.4, 0.5) is 0 Å². The summed E-state index contributed by atoms with van der Waals surface area (Å²) in [6.07, 6.45) is 8.06. The average molecular weight is 374 g/mol. The molecule has 1 aliphatic carbocycles. The van der Waals surface area contributed by atoms with Gasteiger partial charge in [-0.15, -0.1) is 0 Å². The Balaban J connectivity index is 1.69. The molecule has 2 atom stereocenters. The molecule has 25 heavy (non-hydrogen) atoms. The van der Waals surface area contributed by atoms with Crippen LogP contribution < -0.4 is 5.73 Å². The lowest BCUT2D eigenvalue weighted by atomic mass is 10.0. The second-order valence-corrected chi connectivity index (χ2v) is 9.50. The van der Waals surface area contributed by atoms with Gasteiger partial charge in [-0.1, -0.05) is 19.3 Å². The van der Waals surface area contributed by atoms with E-state index in [9.17, 15) is 4.79 Å². The number of benzene rings is 1. The third-order valence-electron chi connectivity index (χ3n) is 5.09. The van der Waals surface area contributed by atoms with Crippen molar-refractivity contribution in [3.05, 3.63) is 35.2 Å². The Morgan fingerprint density at radius 2 is 1.60 bits per heavy atom. The van der Waals surface area contributed by atoms with Gasteiger partial charge in [-0.05, 0) is 37.5 Å². The summed E-state index contributed by atoms with van der Waals surface area (Å²) < 4.78 is 0. The molecule has 1 aromatic heterocycles. The molecule has 0 spiro atoms. The fourth-order valence-electron chi connectivity index (χ4n) is 3.66. The topological polar surface area (TPSA) is 68.9 Å². The summed E-state index contributed by atoms with van der Waals surface area (Å²) in [6, 6.07) is 5.37. The van der Waals surface area contributed by atoms with Crippen molar-refractivity contribution in [3.63, 3.8) is 0 Å². The normalized spacial score (nSPS) is 24.3. The number of rotatable bonds is 1. The van der Waals surface area contributed by atoms with Gasteiger partial charge in [0.25, 0.3) is 0 Å². The van der Waals surface area contributed by atoms with E-state index >= 15 is 0 Å². The Bertz CT molecular complexity index is 796. The molecule has 1 amide bonds. The highest BCUT2D eigenvalue weighted by Crippen LogP contribution is 2.37. The summed E-state index contributed by atoms with van der Waals surface area (Å²) in [4.78, 5) is 21.2. The van der Waals surface area contributed by atoms with Crippen LogP contribution in [0.2, 0.25) is 0 Å². The molecule has 2 heterocycles. The summed E-state index contributed by atoms with van der Waals surface area (Å²) in [5, 5.41) is 1.48. The number of nitrogens with two attached hydrogens (primary N) is 1. The van der Waals surface area contributed by atoms with E-state index in [1.54, 1.807) is 12.1 Å². The van der Waals surface area contributed by atoms with Crippen molar-refractivity contribution in [3.8, 4) is 0 Å². The van der Waals surface area contributed by atoms with Crippen LogP contribution in [0.3, 0.4) is 0 Å². The van der Waals surface area contributed by atoms with Gasteiger partial charge in [-0.2, -0.15) is 23.5 Å². The number of hydrogen-bond donors (Lipinski definition) is 1. The molecule has 4 rings (SSSR count). The molecule has 1 aromatic carbocycles. The Kier molecular flexibility index (Phi) is 5.17. The monoisotopic (exact) mass is 373 g/mol. The molecule has 1 fully saturated rings. The van der Waals surface area contributed by atoms with Crippen molar-refractivity contribution < 1.29 is 4.79 Å². The van der Waals surface area contributed by atoms with Crippen LogP contribution in [0.5, 0.6) is 0 Å². The third kappa shape index (κ3) is 3.95. The van der Waals surface area contributed by atoms with Crippen LogP contribution in [-0.4, -0.2) is 26.4 Å². The molecule has 2 N–H and O–H groups in total.